The highest BCUT2D eigenvalue weighted by atomic mass is 14.9. The van der Waals surface area contributed by atoms with Gasteiger partial charge in [0.1, 0.15) is 0 Å². The van der Waals surface area contributed by atoms with Crippen LogP contribution in [-0.4, -0.2) is 6.04 Å². The highest BCUT2D eigenvalue weighted by molar-refractivity contribution is 5.65. The number of rotatable bonds is 5. The first kappa shape index (κ1) is 13.7. The average Bonchev–Trinajstić information content (AvgIpc) is 2.48. The Morgan fingerprint density at radius 1 is 0.842 bits per heavy atom. The van der Waals surface area contributed by atoms with Gasteiger partial charge in [0.25, 0.3) is 0 Å². The van der Waals surface area contributed by atoms with E-state index in [4.69, 9.17) is 0 Å². The fourth-order valence-electron chi connectivity index (χ4n) is 2.15. The predicted molar refractivity (Wildman–Crippen MR) is 84.4 cm³/mol. The molecule has 0 saturated carbocycles. The Hall–Kier alpha value is -1.76. The summed E-state index contributed by atoms with van der Waals surface area (Å²) in [6.07, 6.45) is 1.20. The van der Waals surface area contributed by atoms with Gasteiger partial charge in [-0.1, -0.05) is 62.7 Å². The Morgan fingerprint density at radius 3 is 2.00 bits per heavy atom. The minimum atomic E-state index is 0.507. The zero-order valence-electron chi connectivity index (χ0n) is 12.1. The number of hydrogen-bond donors (Lipinski definition) is 1. The van der Waals surface area contributed by atoms with Gasteiger partial charge in [0, 0.05) is 11.7 Å². The topological polar surface area (TPSA) is 12.0 Å². The molecule has 0 heterocycles. The Kier molecular flexibility index (Phi) is 4.62. The van der Waals surface area contributed by atoms with Crippen LogP contribution in [0.2, 0.25) is 0 Å². The molecule has 0 bridgehead atoms. The molecule has 2 aromatic carbocycles. The largest absolute Gasteiger partial charge is 0.382 e. The smallest absolute Gasteiger partial charge is 0.0342 e. The van der Waals surface area contributed by atoms with Gasteiger partial charge in [-0.05, 0) is 36.1 Å². The zero-order chi connectivity index (χ0) is 13.7. The molecule has 0 saturated heterocycles. The van der Waals surface area contributed by atoms with E-state index in [1.807, 2.05) is 6.07 Å². The lowest BCUT2D eigenvalue weighted by atomic mass is 10.0. The van der Waals surface area contributed by atoms with Crippen LogP contribution < -0.4 is 5.32 Å². The summed E-state index contributed by atoms with van der Waals surface area (Å²) in [5, 5.41) is 3.57. The third kappa shape index (κ3) is 3.60. The molecular formula is C18H23N. The van der Waals surface area contributed by atoms with E-state index in [0.717, 1.165) is 0 Å². The quantitative estimate of drug-likeness (QED) is 0.772. The zero-order valence-corrected chi connectivity index (χ0v) is 12.1. The molecule has 100 valence electrons. The molecule has 0 aliphatic carbocycles. The highest BCUT2D eigenvalue weighted by Crippen LogP contribution is 2.22. The maximum atomic E-state index is 3.57. The first-order valence-electron chi connectivity index (χ1n) is 7.12. The van der Waals surface area contributed by atoms with Gasteiger partial charge in [0.2, 0.25) is 0 Å². The summed E-state index contributed by atoms with van der Waals surface area (Å²) in [6.45, 7) is 6.77. The van der Waals surface area contributed by atoms with Gasteiger partial charge in [-0.3, -0.25) is 0 Å². The van der Waals surface area contributed by atoms with Crippen molar-refractivity contribution in [2.75, 3.05) is 5.32 Å². The molecule has 1 unspecified atom stereocenters. The summed E-state index contributed by atoms with van der Waals surface area (Å²) in [6, 6.07) is 19.7. The van der Waals surface area contributed by atoms with Crippen molar-refractivity contribution in [1.29, 1.82) is 0 Å². The van der Waals surface area contributed by atoms with Crippen LogP contribution in [0.4, 0.5) is 5.69 Å². The van der Waals surface area contributed by atoms with Crippen molar-refractivity contribution in [3.63, 3.8) is 0 Å². The molecule has 2 aromatic rings. The average molecular weight is 253 g/mol. The monoisotopic (exact) mass is 253 g/mol. The molecule has 2 atom stereocenters. The van der Waals surface area contributed by atoms with Crippen molar-refractivity contribution < 1.29 is 0 Å². The lowest BCUT2D eigenvalue weighted by molar-refractivity contribution is 0.494. The number of benzene rings is 2. The van der Waals surface area contributed by atoms with E-state index in [2.05, 4.69) is 74.6 Å². The van der Waals surface area contributed by atoms with Crippen molar-refractivity contribution >= 4 is 5.69 Å². The van der Waals surface area contributed by atoms with Crippen LogP contribution in [0.3, 0.4) is 0 Å². The first-order chi connectivity index (χ1) is 9.20. The first-order valence-corrected chi connectivity index (χ1v) is 7.12. The fraction of sp³-hybridized carbons (Fsp3) is 0.333. The second kappa shape index (κ2) is 6.42. The molecule has 1 heteroatoms. The van der Waals surface area contributed by atoms with Gasteiger partial charge in [0.15, 0.2) is 0 Å². The van der Waals surface area contributed by atoms with Crippen molar-refractivity contribution in [2.45, 2.75) is 33.2 Å². The Balaban J connectivity index is 2.07. The van der Waals surface area contributed by atoms with Gasteiger partial charge in [-0.2, -0.15) is 0 Å². The Morgan fingerprint density at radius 2 is 1.42 bits per heavy atom. The van der Waals surface area contributed by atoms with Gasteiger partial charge < -0.3 is 5.32 Å². The second-order valence-corrected chi connectivity index (χ2v) is 5.26. The maximum absolute atomic E-state index is 3.57. The second-order valence-electron chi connectivity index (χ2n) is 5.26. The summed E-state index contributed by atoms with van der Waals surface area (Å²) in [4.78, 5) is 0. The predicted octanol–water partition coefficient (Wildman–Crippen LogP) is 5.20. The summed E-state index contributed by atoms with van der Waals surface area (Å²) >= 11 is 0. The molecule has 1 N–H and O–H groups in total. The normalized spacial score (nSPS) is 13.8. The van der Waals surface area contributed by atoms with E-state index in [1.165, 1.54) is 23.2 Å². The molecule has 0 radical (unpaired) electrons. The van der Waals surface area contributed by atoms with E-state index in [9.17, 15) is 0 Å². The summed E-state index contributed by atoms with van der Waals surface area (Å²) in [5.41, 5.74) is 3.74. The lowest BCUT2D eigenvalue weighted by Gasteiger charge is -2.21. The maximum Gasteiger partial charge on any atom is 0.0342 e. The van der Waals surface area contributed by atoms with Crippen LogP contribution >= 0.6 is 0 Å². The minimum Gasteiger partial charge on any atom is -0.382 e. The van der Waals surface area contributed by atoms with Crippen molar-refractivity contribution in [1.82, 2.24) is 0 Å². The van der Waals surface area contributed by atoms with Crippen LogP contribution in [0.1, 0.15) is 27.2 Å². The van der Waals surface area contributed by atoms with Crippen molar-refractivity contribution in [2.24, 2.45) is 5.92 Å². The molecule has 0 aliphatic heterocycles. The van der Waals surface area contributed by atoms with Gasteiger partial charge in [0.05, 0.1) is 0 Å². The van der Waals surface area contributed by atoms with Gasteiger partial charge >= 0.3 is 0 Å². The van der Waals surface area contributed by atoms with Crippen LogP contribution in [0, 0.1) is 5.92 Å². The molecule has 0 amide bonds. The Labute approximate surface area is 116 Å². The van der Waals surface area contributed by atoms with Gasteiger partial charge in [-0.15, -0.1) is 0 Å². The summed E-state index contributed by atoms with van der Waals surface area (Å²) in [7, 11) is 0. The molecule has 19 heavy (non-hydrogen) atoms. The van der Waals surface area contributed by atoms with E-state index < -0.39 is 0 Å². The molecule has 0 aromatic heterocycles. The molecule has 1 nitrogen and oxygen atoms in total. The highest BCUT2D eigenvalue weighted by Gasteiger charge is 2.09. The number of anilines is 1. The molecule has 2 rings (SSSR count). The molecule has 0 fully saturated rings. The van der Waals surface area contributed by atoms with Crippen LogP contribution in [-0.2, 0) is 0 Å². The standard InChI is InChI=1S/C18H23N/c1-4-14(2)15(3)19-18-12-10-17(11-13-18)16-8-6-5-7-9-16/h5-15,19H,4H2,1-3H3/t14-,15?/m1/s1. The van der Waals surface area contributed by atoms with Crippen LogP contribution in [0.25, 0.3) is 11.1 Å². The van der Waals surface area contributed by atoms with Crippen molar-refractivity contribution in [3.05, 3.63) is 54.6 Å². The van der Waals surface area contributed by atoms with Gasteiger partial charge in [-0.25, -0.2) is 0 Å². The number of nitrogens with one attached hydrogen (secondary N) is 1. The molecule has 0 aliphatic rings. The Bertz CT molecular complexity index is 487. The van der Waals surface area contributed by atoms with E-state index in [-0.39, 0.29) is 0 Å². The third-order valence-electron chi connectivity index (χ3n) is 3.88. The van der Waals surface area contributed by atoms with E-state index in [1.54, 1.807) is 0 Å². The minimum absolute atomic E-state index is 0.507. The number of hydrogen-bond acceptors (Lipinski definition) is 1. The fourth-order valence-corrected chi connectivity index (χ4v) is 2.15. The van der Waals surface area contributed by atoms with Crippen LogP contribution in [0.15, 0.2) is 54.6 Å². The summed E-state index contributed by atoms with van der Waals surface area (Å²) < 4.78 is 0. The third-order valence-corrected chi connectivity index (χ3v) is 3.88. The molecular weight excluding hydrogens is 230 g/mol. The summed E-state index contributed by atoms with van der Waals surface area (Å²) in [5.74, 6) is 0.689. The molecule has 0 spiro atoms. The SMILES string of the molecule is CC[C@@H](C)C(C)Nc1ccc(-c2ccccc2)cc1. The van der Waals surface area contributed by atoms with Crippen LogP contribution in [0.5, 0.6) is 0 Å². The lowest BCUT2D eigenvalue weighted by Crippen LogP contribution is -2.23. The van der Waals surface area contributed by atoms with Crippen molar-refractivity contribution in [3.8, 4) is 11.1 Å². The van der Waals surface area contributed by atoms with E-state index in [0.29, 0.717) is 12.0 Å². The van der Waals surface area contributed by atoms with E-state index >= 15 is 0 Å².